The summed E-state index contributed by atoms with van der Waals surface area (Å²) in [6, 6.07) is 11.2. The lowest BCUT2D eigenvalue weighted by Crippen LogP contribution is -2.06. The van der Waals surface area contributed by atoms with Gasteiger partial charge in [-0.05, 0) is 48.4 Å². The molecule has 0 saturated carbocycles. The Labute approximate surface area is 115 Å². The third kappa shape index (κ3) is 3.55. The molecule has 0 atom stereocenters. The number of benzene rings is 2. The summed E-state index contributed by atoms with van der Waals surface area (Å²) in [7, 11) is 0. The summed E-state index contributed by atoms with van der Waals surface area (Å²) in [6.45, 7) is 1.74. The smallest absolute Gasteiger partial charge is 0.338 e. The second kappa shape index (κ2) is 5.85. The zero-order valence-corrected chi connectivity index (χ0v) is 11.1. The van der Waals surface area contributed by atoms with E-state index in [0.717, 1.165) is 5.56 Å². The molecule has 2 aromatic carbocycles. The zero-order valence-electron chi connectivity index (χ0n) is 10.3. The lowest BCUT2D eigenvalue weighted by molar-refractivity contribution is 0.0472. The van der Waals surface area contributed by atoms with Crippen molar-refractivity contribution >= 4 is 17.6 Å². The third-order valence-corrected chi connectivity index (χ3v) is 2.89. The molecule has 2 nitrogen and oxygen atoms in total. The third-order valence-electron chi connectivity index (χ3n) is 2.65. The van der Waals surface area contributed by atoms with E-state index in [1.54, 1.807) is 25.1 Å². The van der Waals surface area contributed by atoms with Gasteiger partial charge in [0, 0.05) is 5.02 Å². The van der Waals surface area contributed by atoms with Gasteiger partial charge in [-0.15, -0.1) is 0 Å². The van der Waals surface area contributed by atoms with Crippen molar-refractivity contribution in [3.8, 4) is 0 Å². The van der Waals surface area contributed by atoms with E-state index in [2.05, 4.69) is 0 Å². The Morgan fingerprint density at radius 3 is 2.74 bits per heavy atom. The number of carbonyl (C=O) groups excluding carboxylic acids is 1. The summed E-state index contributed by atoms with van der Waals surface area (Å²) in [4.78, 5) is 11.8. The molecule has 0 amide bonds. The fourth-order valence-corrected chi connectivity index (χ4v) is 1.84. The predicted octanol–water partition coefficient (Wildman–Crippen LogP) is 4.14. The maximum atomic E-state index is 13.1. The molecule has 0 heterocycles. The summed E-state index contributed by atoms with van der Waals surface area (Å²) in [5.74, 6) is -0.825. The summed E-state index contributed by atoms with van der Waals surface area (Å²) >= 11 is 5.83. The molecule has 2 rings (SSSR count). The highest BCUT2D eigenvalue weighted by Crippen LogP contribution is 2.14. The number of hydrogen-bond donors (Lipinski definition) is 0. The molecule has 0 N–H and O–H groups in total. The Kier molecular flexibility index (Phi) is 4.17. The molecule has 0 aliphatic carbocycles. The Bertz CT molecular complexity index is 611. The van der Waals surface area contributed by atoms with Crippen LogP contribution in [0.2, 0.25) is 5.02 Å². The van der Waals surface area contributed by atoms with Gasteiger partial charge in [0.1, 0.15) is 12.4 Å². The number of carbonyl (C=O) groups is 1. The van der Waals surface area contributed by atoms with Gasteiger partial charge >= 0.3 is 5.97 Å². The van der Waals surface area contributed by atoms with Gasteiger partial charge in [-0.2, -0.15) is 0 Å². The molecule has 2 aromatic rings. The quantitative estimate of drug-likeness (QED) is 0.789. The average molecular weight is 279 g/mol. The van der Waals surface area contributed by atoms with Crippen molar-refractivity contribution in [3.05, 3.63) is 70.0 Å². The molecule has 0 unspecified atom stereocenters. The number of rotatable bonds is 3. The van der Waals surface area contributed by atoms with E-state index in [4.69, 9.17) is 16.3 Å². The minimum atomic E-state index is -0.483. The summed E-state index contributed by atoms with van der Waals surface area (Å²) in [6.07, 6.45) is 0. The summed E-state index contributed by atoms with van der Waals surface area (Å²) in [5, 5.41) is 0.589. The monoisotopic (exact) mass is 278 g/mol. The van der Waals surface area contributed by atoms with Gasteiger partial charge in [0.25, 0.3) is 0 Å². The number of halogens is 2. The van der Waals surface area contributed by atoms with E-state index < -0.39 is 5.97 Å². The topological polar surface area (TPSA) is 26.3 Å². The number of aryl methyl sites for hydroxylation is 1. The van der Waals surface area contributed by atoms with Crippen LogP contribution in [0, 0.1) is 12.7 Å². The minimum absolute atomic E-state index is 0.135. The van der Waals surface area contributed by atoms with Gasteiger partial charge < -0.3 is 4.74 Å². The molecule has 0 aliphatic heterocycles. The SMILES string of the molecule is Cc1cc(C(=O)OCc2cccc(Cl)c2)ccc1F. The van der Waals surface area contributed by atoms with Crippen LogP contribution in [-0.2, 0) is 11.3 Å². The number of esters is 1. The predicted molar refractivity (Wildman–Crippen MR) is 71.7 cm³/mol. The van der Waals surface area contributed by atoms with Crippen LogP contribution in [0.3, 0.4) is 0 Å². The fraction of sp³-hybridized carbons (Fsp3) is 0.133. The van der Waals surface area contributed by atoms with Crippen molar-refractivity contribution in [3.63, 3.8) is 0 Å². The van der Waals surface area contributed by atoms with Gasteiger partial charge in [0.2, 0.25) is 0 Å². The van der Waals surface area contributed by atoms with Gasteiger partial charge in [0.05, 0.1) is 5.56 Å². The first-order chi connectivity index (χ1) is 9.06. The highest BCUT2D eigenvalue weighted by Gasteiger charge is 2.09. The highest BCUT2D eigenvalue weighted by molar-refractivity contribution is 6.30. The van der Waals surface area contributed by atoms with Crippen molar-refractivity contribution in [1.29, 1.82) is 0 Å². The van der Waals surface area contributed by atoms with Crippen LogP contribution in [0.4, 0.5) is 4.39 Å². The first-order valence-corrected chi connectivity index (χ1v) is 6.12. The molecule has 0 radical (unpaired) electrons. The maximum Gasteiger partial charge on any atom is 0.338 e. The number of hydrogen-bond acceptors (Lipinski definition) is 2. The second-order valence-corrected chi connectivity index (χ2v) is 4.61. The average Bonchev–Trinajstić information content (AvgIpc) is 2.39. The summed E-state index contributed by atoms with van der Waals surface area (Å²) in [5.41, 5.74) is 1.55. The van der Waals surface area contributed by atoms with Crippen LogP contribution in [0.15, 0.2) is 42.5 Å². The van der Waals surface area contributed by atoms with Crippen molar-refractivity contribution in [2.24, 2.45) is 0 Å². The van der Waals surface area contributed by atoms with E-state index in [1.165, 1.54) is 18.2 Å². The molecule has 0 saturated heterocycles. The molecular formula is C15H12ClFO2. The Hall–Kier alpha value is -1.87. The van der Waals surface area contributed by atoms with Crippen LogP contribution in [0.5, 0.6) is 0 Å². The highest BCUT2D eigenvalue weighted by atomic mass is 35.5. The largest absolute Gasteiger partial charge is 0.457 e. The standard InChI is InChI=1S/C15H12ClFO2/c1-10-7-12(5-6-14(10)17)15(18)19-9-11-3-2-4-13(16)8-11/h2-8H,9H2,1H3. The van der Waals surface area contributed by atoms with E-state index in [0.29, 0.717) is 16.1 Å². The second-order valence-electron chi connectivity index (χ2n) is 4.17. The van der Waals surface area contributed by atoms with E-state index in [1.807, 2.05) is 6.07 Å². The first kappa shape index (κ1) is 13.6. The van der Waals surface area contributed by atoms with Gasteiger partial charge in [-0.25, -0.2) is 9.18 Å². The van der Waals surface area contributed by atoms with E-state index in [-0.39, 0.29) is 12.4 Å². The van der Waals surface area contributed by atoms with Crippen LogP contribution < -0.4 is 0 Å². The molecule has 0 aliphatic rings. The van der Waals surface area contributed by atoms with Gasteiger partial charge in [0.15, 0.2) is 0 Å². The van der Waals surface area contributed by atoms with E-state index in [9.17, 15) is 9.18 Å². The first-order valence-electron chi connectivity index (χ1n) is 5.74. The number of ether oxygens (including phenoxy) is 1. The molecule has 0 aromatic heterocycles. The maximum absolute atomic E-state index is 13.1. The minimum Gasteiger partial charge on any atom is -0.457 e. The molecule has 4 heteroatoms. The van der Waals surface area contributed by atoms with Crippen molar-refractivity contribution in [2.75, 3.05) is 0 Å². The Morgan fingerprint density at radius 2 is 2.05 bits per heavy atom. The summed E-state index contributed by atoms with van der Waals surface area (Å²) < 4.78 is 18.2. The Balaban J connectivity index is 2.03. The van der Waals surface area contributed by atoms with Gasteiger partial charge in [-0.3, -0.25) is 0 Å². The molecule has 0 fully saturated rings. The van der Waals surface area contributed by atoms with Gasteiger partial charge in [-0.1, -0.05) is 23.7 Å². The lowest BCUT2D eigenvalue weighted by atomic mass is 10.1. The fourth-order valence-electron chi connectivity index (χ4n) is 1.63. The molecule has 98 valence electrons. The molecule has 19 heavy (non-hydrogen) atoms. The van der Waals surface area contributed by atoms with Crippen LogP contribution in [0.25, 0.3) is 0 Å². The van der Waals surface area contributed by atoms with Crippen molar-refractivity contribution in [2.45, 2.75) is 13.5 Å². The normalized spacial score (nSPS) is 10.3. The molecular weight excluding hydrogens is 267 g/mol. The van der Waals surface area contributed by atoms with Crippen LogP contribution in [0.1, 0.15) is 21.5 Å². The van der Waals surface area contributed by atoms with Crippen molar-refractivity contribution < 1.29 is 13.9 Å². The molecule has 0 spiro atoms. The Morgan fingerprint density at radius 1 is 1.26 bits per heavy atom. The van der Waals surface area contributed by atoms with Crippen molar-refractivity contribution in [1.82, 2.24) is 0 Å². The van der Waals surface area contributed by atoms with Crippen LogP contribution in [-0.4, -0.2) is 5.97 Å². The van der Waals surface area contributed by atoms with E-state index >= 15 is 0 Å². The van der Waals surface area contributed by atoms with Crippen LogP contribution >= 0.6 is 11.6 Å². The lowest BCUT2D eigenvalue weighted by Gasteiger charge is -2.06. The molecule has 0 bridgehead atoms. The zero-order chi connectivity index (χ0) is 13.8.